The molecule has 0 aliphatic carbocycles. The van der Waals surface area contributed by atoms with E-state index >= 15 is 0 Å². The van der Waals surface area contributed by atoms with Gasteiger partial charge >= 0.3 is 6.03 Å². The van der Waals surface area contributed by atoms with Crippen molar-refractivity contribution in [3.63, 3.8) is 0 Å². The van der Waals surface area contributed by atoms with Crippen molar-refractivity contribution in [2.24, 2.45) is 0 Å². The molecule has 3 rings (SSSR count). The van der Waals surface area contributed by atoms with Gasteiger partial charge in [0.05, 0.1) is 6.04 Å². The third-order valence-corrected chi connectivity index (χ3v) is 5.03. The van der Waals surface area contributed by atoms with Gasteiger partial charge in [0.1, 0.15) is 0 Å². The first-order chi connectivity index (χ1) is 11.9. The fourth-order valence-corrected chi connectivity index (χ4v) is 3.23. The number of benzene rings is 1. The van der Waals surface area contributed by atoms with Crippen molar-refractivity contribution in [3.8, 4) is 0 Å². The van der Waals surface area contributed by atoms with Gasteiger partial charge in [-0.05, 0) is 44.2 Å². The maximum atomic E-state index is 12.3. The summed E-state index contributed by atoms with van der Waals surface area (Å²) in [5.74, 6) is 0.0492. The highest BCUT2D eigenvalue weighted by Gasteiger charge is 2.32. The van der Waals surface area contributed by atoms with Crippen molar-refractivity contribution in [1.29, 1.82) is 0 Å². The van der Waals surface area contributed by atoms with Crippen molar-refractivity contribution in [2.45, 2.75) is 26.3 Å². The third-order valence-electron chi connectivity index (χ3n) is 5.03. The molecule has 2 aliphatic rings. The minimum atomic E-state index is -0.232. The topological polar surface area (TPSA) is 67.9 Å². The average molecular weight is 345 g/mol. The summed E-state index contributed by atoms with van der Waals surface area (Å²) in [4.78, 5) is 28.5. The first kappa shape index (κ1) is 17.7. The highest BCUT2D eigenvalue weighted by atomic mass is 16.2. The second-order valence-corrected chi connectivity index (χ2v) is 7.05. The summed E-state index contributed by atoms with van der Waals surface area (Å²) in [6.45, 7) is 8.09. The number of aryl methyl sites for hydroxylation is 2. The standard InChI is InChI=1S/C18H27N5O2/c1-13-4-5-16(10-14(13)2)23-12-15(11-17(23)24)19-18(25)20-22-8-6-21(3)7-9-22/h4-5,10,15H,6-9,11-12H2,1-3H3,(H2,19,20,25)/t15-/m1/s1. The molecule has 1 atom stereocenters. The second-order valence-electron chi connectivity index (χ2n) is 7.05. The summed E-state index contributed by atoms with van der Waals surface area (Å²) >= 11 is 0. The Labute approximate surface area is 148 Å². The van der Waals surface area contributed by atoms with Gasteiger partial charge in [0.2, 0.25) is 5.91 Å². The molecule has 136 valence electrons. The summed E-state index contributed by atoms with van der Waals surface area (Å²) in [5, 5.41) is 4.85. The second kappa shape index (κ2) is 7.41. The van der Waals surface area contributed by atoms with Crippen LogP contribution in [0.3, 0.4) is 0 Å². The Kier molecular flexibility index (Phi) is 5.24. The Morgan fingerprint density at radius 3 is 2.52 bits per heavy atom. The summed E-state index contributed by atoms with van der Waals surface area (Å²) < 4.78 is 0. The molecule has 0 unspecified atom stereocenters. The Morgan fingerprint density at radius 1 is 1.12 bits per heavy atom. The van der Waals surface area contributed by atoms with Crippen LogP contribution in [0.5, 0.6) is 0 Å². The van der Waals surface area contributed by atoms with Crippen molar-refractivity contribution >= 4 is 17.6 Å². The van der Waals surface area contributed by atoms with E-state index in [1.54, 1.807) is 4.90 Å². The molecule has 2 saturated heterocycles. The molecular weight excluding hydrogens is 318 g/mol. The van der Waals surface area contributed by atoms with Gasteiger partial charge < -0.3 is 15.1 Å². The number of nitrogens with one attached hydrogen (secondary N) is 2. The molecule has 1 aromatic carbocycles. The molecule has 1 aromatic rings. The van der Waals surface area contributed by atoms with Crippen LogP contribution < -0.4 is 15.6 Å². The number of rotatable bonds is 3. The van der Waals surface area contributed by atoms with Crippen LogP contribution in [0.4, 0.5) is 10.5 Å². The molecule has 25 heavy (non-hydrogen) atoms. The van der Waals surface area contributed by atoms with E-state index in [1.165, 1.54) is 5.56 Å². The van der Waals surface area contributed by atoms with Crippen LogP contribution in [0.25, 0.3) is 0 Å². The summed E-state index contributed by atoms with van der Waals surface area (Å²) in [6.07, 6.45) is 0.336. The zero-order valence-electron chi connectivity index (χ0n) is 15.2. The number of likely N-dealkylation sites (N-methyl/N-ethyl adjacent to an activating group) is 1. The number of hydrogen-bond acceptors (Lipinski definition) is 4. The van der Waals surface area contributed by atoms with Gasteiger partial charge in [0, 0.05) is 44.8 Å². The lowest BCUT2D eigenvalue weighted by Gasteiger charge is -2.32. The molecule has 0 saturated carbocycles. The average Bonchev–Trinajstić information content (AvgIpc) is 2.92. The smallest absolute Gasteiger partial charge is 0.329 e. The Balaban J connectivity index is 1.53. The summed E-state index contributed by atoms with van der Waals surface area (Å²) in [5.41, 5.74) is 6.15. The van der Waals surface area contributed by atoms with Crippen LogP contribution in [0.1, 0.15) is 17.5 Å². The van der Waals surface area contributed by atoms with Gasteiger partial charge in [-0.3, -0.25) is 10.2 Å². The molecule has 7 heteroatoms. The predicted molar refractivity (Wildman–Crippen MR) is 97.4 cm³/mol. The van der Waals surface area contributed by atoms with Crippen LogP contribution in [0, 0.1) is 13.8 Å². The van der Waals surface area contributed by atoms with E-state index in [2.05, 4.69) is 29.6 Å². The summed E-state index contributed by atoms with van der Waals surface area (Å²) in [6, 6.07) is 5.62. The normalized spacial score (nSPS) is 22.3. The zero-order chi connectivity index (χ0) is 18.0. The highest BCUT2D eigenvalue weighted by Crippen LogP contribution is 2.24. The van der Waals surface area contributed by atoms with E-state index in [0.717, 1.165) is 37.4 Å². The fraction of sp³-hybridized carbons (Fsp3) is 0.556. The van der Waals surface area contributed by atoms with Crippen molar-refractivity contribution in [1.82, 2.24) is 20.7 Å². The van der Waals surface area contributed by atoms with Gasteiger partial charge in [-0.25, -0.2) is 9.80 Å². The lowest BCUT2D eigenvalue weighted by Crippen LogP contribution is -2.56. The number of anilines is 1. The molecule has 0 bridgehead atoms. The van der Waals surface area contributed by atoms with E-state index in [-0.39, 0.29) is 18.0 Å². The summed E-state index contributed by atoms with van der Waals surface area (Å²) in [7, 11) is 2.07. The molecule has 0 radical (unpaired) electrons. The Bertz CT molecular complexity index is 655. The number of hydrogen-bond donors (Lipinski definition) is 2. The minimum Gasteiger partial charge on any atom is -0.332 e. The van der Waals surface area contributed by atoms with Crippen LogP contribution in [0.2, 0.25) is 0 Å². The lowest BCUT2D eigenvalue weighted by molar-refractivity contribution is -0.117. The Morgan fingerprint density at radius 2 is 1.84 bits per heavy atom. The molecule has 0 aromatic heterocycles. The number of carbonyl (C=O) groups excluding carboxylic acids is 2. The van der Waals surface area contributed by atoms with Crippen molar-refractivity contribution in [3.05, 3.63) is 29.3 Å². The molecule has 2 fully saturated rings. The van der Waals surface area contributed by atoms with Gasteiger partial charge in [-0.2, -0.15) is 0 Å². The number of carbonyl (C=O) groups is 2. The van der Waals surface area contributed by atoms with Crippen LogP contribution in [-0.4, -0.2) is 67.7 Å². The SMILES string of the molecule is Cc1ccc(N2C[C@H](NC(=O)NN3CCN(C)CC3)CC2=O)cc1C. The first-order valence-electron chi connectivity index (χ1n) is 8.80. The maximum absolute atomic E-state index is 12.3. The van der Waals surface area contributed by atoms with Gasteiger partial charge in [-0.1, -0.05) is 6.07 Å². The fourth-order valence-electron chi connectivity index (χ4n) is 3.23. The Hall–Kier alpha value is -2.12. The lowest BCUT2D eigenvalue weighted by atomic mass is 10.1. The first-order valence-corrected chi connectivity index (χ1v) is 8.80. The molecule has 2 heterocycles. The van der Waals surface area contributed by atoms with E-state index in [1.807, 2.05) is 30.1 Å². The maximum Gasteiger partial charge on any atom is 0.329 e. The minimum absolute atomic E-state index is 0.0492. The largest absolute Gasteiger partial charge is 0.332 e. The molecule has 2 aliphatic heterocycles. The van der Waals surface area contributed by atoms with E-state index in [4.69, 9.17) is 0 Å². The number of piperazine rings is 1. The molecule has 2 N–H and O–H groups in total. The molecular formula is C18H27N5O2. The van der Waals surface area contributed by atoms with E-state index in [0.29, 0.717) is 13.0 Å². The zero-order valence-corrected chi connectivity index (χ0v) is 15.2. The monoisotopic (exact) mass is 345 g/mol. The molecule has 0 spiro atoms. The number of urea groups is 1. The third kappa shape index (κ3) is 4.29. The highest BCUT2D eigenvalue weighted by molar-refractivity contribution is 5.96. The molecule has 7 nitrogen and oxygen atoms in total. The van der Waals surface area contributed by atoms with Crippen LogP contribution in [0.15, 0.2) is 18.2 Å². The van der Waals surface area contributed by atoms with Crippen LogP contribution in [-0.2, 0) is 4.79 Å². The molecule has 3 amide bonds. The van der Waals surface area contributed by atoms with E-state index in [9.17, 15) is 9.59 Å². The predicted octanol–water partition coefficient (Wildman–Crippen LogP) is 0.870. The van der Waals surface area contributed by atoms with E-state index < -0.39 is 0 Å². The van der Waals surface area contributed by atoms with Crippen LogP contribution >= 0.6 is 0 Å². The van der Waals surface area contributed by atoms with Gasteiger partial charge in [0.15, 0.2) is 0 Å². The quantitative estimate of drug-likeness (QED) is 0.853. The van der Waals surface area contributed by atoms with Crippen molar-refractivity contribution < 1.29 is 9.59 Å². The number of hydrazine groups is 1. The van der Waals surface area contributed by atoms with Crippen molar-refractivity contribution in [2.75, 3.05) is 44.7 Å². The number of nitrogens with zero attached hydrogens (tertiary/aromatic N) is 3. The van der Waals surface area contributed by atoms with Gasteiger partial charge in [0.25, 0.3) is 0 Å². The van der Waals surface area contributed by atoms with Gasteiger partial charge in [-0.15, -0.1) is 0 Å². The number of amides is 3.